The molecule has 0 spiro atoms. The lowest BCUT2D eigenvalue weighted by molar-refractivity contribution is -0.130. The lowest BCUT2D eigenvalue weighted by Gasteiger charge is -2.02. The van der Waals surface area contributed by atoms with E-state index in [1.807, 2.05) is 50.2 Å². The standard InChI is InChI=1S/C15H14O2S/c1-10-8-13(11(2)18-10)9-14(15(16)17)12-6-4-3-5-7-12/h3-9H,1-2H3,(H,16,17)/b14-9+. The molecule has 1 N–H and O–H groups in total. The third-order valence-corrected chi connectivity index (χ3v) is 3.68. The number of benzene rings is 1. The Hall–Kier alpha value is -1.87. The molecule has 0 aliphatic heterocycles. The van der Waals surface area contributed by atoms with Crippen LogP contribution in [0.3, 0.4) is 0 Å². The van der Waals surface area contributed by atoms with Gasteiger partial charge in [-0.25, -0.2) is 4.79 Å². The third kappa shape index (κ3) is 2.68. The van der Waals surface area contributed by atoms with E-state index in [0.29, 0.717) is 5.57 Å². The second-order valence-electron chi connectivity index (χ2n) is 4.10. The largest absolute Gasteiger partial charge is 0.478 e. The molecule has 0 saturated heterocycles. The minimum Gasteiger partial charge on any atom is -0.478 e. The summed E-state index contributed by atoms with van der Waals surface area (Å²) in [6.07, 6.45) is 1.75. The monoisotopic (exact) mass is 258 g/mol. The Bertz CT molecular complexity index is 594. The fourth-order valence-corrected chi connectivity index (χ4v) is 2.74. The average molecular weight is 258 g/mol. The van der Waals surface area contributed by atoms with E-state index in [9.17, 15) is 9.90 Å². The summed E-state index contributed by atoms with van der Waals surface area (Å²) in [6, 6.07) is 11.2. The highest BCUT2D eigenvalue weighted by atomic mass is 32.1. The van der Waals surface area contributed by atoms with Crippen LogP contribution in [0, 0.1) is 13.8 Å². The lowest BCUT2D eigenvalue weighted by atomic mass is 10.0. The minimum absolute atomic E-state index is 0.330. The molecule has 3 heteroatoms. The van der Waals surface area contributed by atoms with E-state index in [4.69, 9.17) is 0 Å². The molecule has 0 atom stereocenters. The predicted octanol–water partition coefficient (Wildman–Crippen LogP) is 3.99. The van der Waals surface area contributed by atoms with E-state index >= 15 is 0 Å². The van der Waals surface area contributed by atoms with Crippen molar-refractivity contribution in [2.75, 3.05) is 0 Å². The van der Waals surface area contributed by atoms with Gasteiger partial charge in [0.05, 0.1) is 5.57 Å². The van der Waals surface area contributed by atoms with Gasteiger partial charge in [0.15, 0.2) is 0 Å². The molecule has 2 nitrogen and oxygen atoms in total. The molecular formula is C15H14O2S. The summed E-state index contributed by atoms with van der Waals surface area (Å²) < 4.78 is 0. The number of hydrogen-bond acceptors (Lipinski definition) is 2. The van der Waals surface area contributed by atoms with Gasteiger partial charge in [-0.05, 0) is 37.1 Å². The van der Waals surface area contributed by atoms with Gasteiger partial charge in [-0.15, -0.1) is 11.3 Å². The minimum atomic E-state index is -0.899. The maximum atomic E-state index is 11.4. The maximum absolute atomic E-state index is 11.4. The highest BCUT2D eigenvalue weighted by Crippen LogP contribution is 2.26. The highest BCUT2D eigenvalue weighted by Gasteiger charge is 2.11. The molecular weight excluding hydrogens is 244 g/mol. The first-order chi connectivity index (χ1) is 8.58. The van der Waals surface area contributed by atoms with Crippen LogP contribution in [0.2, 0.25) is 0 Å². The Balaban J connectivity index is 2.49. The number of aliphatic carboxylic acids is 1. The van der Waals surface area contributed by atoms with Crippen molar-refractivity contribution in [1.29, 1.82) is 0 Å². The number of aryl methyl sites for hydroxylation is 2. The molecule has 1 aromatic carbocycles. The van der Waals surface area contributed by atoms with Gasteiger partial charge in [0.1, 0.15) is 0 Å². The quantitative estimate of drug-likeness (QED) is 0.845. The van der Waals surface area contributed by atoms with E-state index in [2.05, 4.69) is 0 Å². The lowest BCUT2D eigenvalue weighted by Crippen LogP contribution is -1.99. The van der Waals surface area contributed by atoms with Crippen LogP contribution in [0.1, 0.15) is 20.9 Å². The number of carboxylic acids is 1. The van der Waals surface area contributed by atoms with Crippen molar-refractivity contribution < 1.29 is 9.90 Å². The fraction of sp³-hybridized carbons (Fsp3) is 0.133. The van der Waals surface area contributed by atoms with Crippen LogP contribution in [0.4, 0.5) is 0 Å². The normalized spacial score (nSPS) is 11.6. The number of carbonyl (C=O) groups is 1. The SMILES string of the molecule is Cc1cc(/C=C(/C(=O)O)c2ccccc2)c(C)s1. The second-order valence-corrected chi connectivity index (χ2v) is 5.56. The first kappa shape index (κ1) is 12.6. The molecule has 2 rings (SSSR count). The van der Waals surface area contributed by atoms with Gasteiger partial charge in [0.25, 0.3) is 0 Å². The number of rotatable bonds is 3. The van der Waals surface area contributed by atoms with E-state index in [-0.39, 0.29) is 0 Å². The van der Waals surface area contributed by atoms with Gasteiger partial charge < -0.3 is 5.11 Å². The van der Waals surface area contributed by atoms with Crippen molar-refractivity contribution in [3.63, 3.8) is 0 Å². The van der Waals surface area contributed by atoms with E-state index in [1.165, 1.54) is 4.88 Å². The molecule has 18 heavy (non-hydrogen) atoms. The number of thiophene rings is 1. The summed E-state index contributed by atoms with van der Waals surface area (Å²) in [5, 5.41) is 9.32. The first-order valence-corrected chi connectivity index (χ1v) is 6.47. The summed E-state index contributed by atoms with van der Waals surface area (Å²) in [5.41, 5.74) is 2.04. The van der Waals surface area contributed by atoms with Crippen molar-refractivity contribution in [2.45, 2.75) is 13.8 Å². The molecule has 0 radical (unpaired) electrons. The number of hydrogen-bond donors (Lipinski definition) is 1. The molecule has 0 fully saturated rings. The summed E-state index contributed by atoms with van der Waals surface area (Å²) in [6.45, 7) is 4.03. The van der Waals surface area contributed by atoms with Gasteiger partial charge in [0, 0.05) is 9.75 Å². The second kappa shape index (κ2) is 5.19. The molecule has 0 bridgehead atoms. The Labute approximate surface area is 110 Å². The van der Waals surface area contributed by atoms with Gasteiger partial charge in [0.2, 0.25) is 0 Å². The zero-order valence-corrected chi connectivity index (χ0v) is 11.1. The van der Waals surface area contributed by atoms with Gasteiger partial charge in [-0.2, -0.15) is 0 Å². The van der Waals surface area contributed by atoms with Crippen LogP contribution in [-0.2, 0) is 4.79 Å². The Morgan fingerprint density at radius 2 is 1.89 bits per heavy atom. The first-order valence-electron chi connectivity index (χ1n) is 5.65. The molecule has 2 aromatic rings. The van der Waals surface area contributed by atoms with Crippen molar-refractivity contribution >= 4 is 29.0 Å². The zero-order chi connectivity index (χ0) is 13.1. The fourth-order valence-electron chi connectivity index (χ4n) is 1.84. The molecule has 0 amide bonds. The molecule has 0 saturated carbocycles. The molecule has 0 aliphatic rings. The third-order valence-electron chi connectivity index (χ3n) is 2.69. The average Bonchev–Trinajstić information content (AvgIpc) is 2.65. The Morgan fingerprint density at radius 3 is 2.39 bits per heavy atom. The summed E-state index contributed by atoms with van der Waals surface area (Å²) in [7, 11) is 0. The van der Waals surface area contributed by atoms with Crippen LogP contribution < -0.4 is 0 Å². The maximum Gasteiger partial charge on any atom is 0.336 e. The molecule has 0 unspecified atom stereocenters. The van der Waals surface area contributed by atoms with Crippen molar-refractivity contribution in [3.8, 4) is 0 Å². The Kier molecular flexibility index (Phi) is 3.63. The molecule has 0 aliphatic carbocycles. The summed E-state index contributed by atoms with van der Waals surface area (Å²) in [5.74, 6) is -0.899. The highest BCUT2D eigenvalue weighted by molar-refractivity contribution is 7.12. The van der Waals surface area contributed by atoms with E-state index < -0.39 is 5.97 Å². The summed E-state index contributed by atoms with van der Waals surface area (Å²) in [4.78, 5) is 13.7. The van der Waals surface area contributed by atoms with Crippen molar-refractivity contribution in [1.82, 2.24) is 0 Å². The Morgan fingerprint density at radius 1 is 1.22 bits per heavy atom. The van der Waals surface area contributed by atoms with E-state index in [1.54, 1.807) is 17.4 Å². The van der Waals surface area contributed by atoms with Crippen LogP contribution in [0.15, 0.2) is 36.4 Å². The molecule has 1 heterocycles. The summed E-state index contributed by atoms with van der Waals surface area (Å²) >= 11 is 1.68. The topological polar surface area (TPSA) is 37.3 Å². The zero-order valence-electron chi connectivity index (χ0n) is 10.3. The van der Waals surface area contributed by atoms with Crippen molar-refractivity contribution in [2.24, 2.45) is 0 Å². The van der Waals surface area contributed by atoms with Crippen LogP contribution in [0.5, 0.6) is 0 Å². The van der Waals surface area contributed by atoms with E-state index in [0.717, 1.165) is 16.0 Å². The molecule has 1 aromatic heterocycles. The van der Waals surface area contributed by atoms with Crippen molar-refractivity contribution in [3.05, 3.63) is 57.3 Å². The van der Waals surface area contributed by atoms with Crippen LogP contribution in [-0.4, -0.2) is 11.1 Å². The van der Waals surface area contributed by atoms with Gasteiger partial charge in [-0.1, -0.05) is 30.3 Å². The van der Waals surface area contributed by atoms with Gasteiger partial charge >= 0.3 is 5.97 Å². The smallest absolute Gasteiger partial charge is 0.336 e. The predicted molar refractivity (Wildman–Crippen MR) is 75.7 cm³/mol. The number of carboxylic acid groups (broad SMARTS) is 1. The van der Waals surface area contributed by atoms with Crippen LogP contribution in [0.25, 0.3) is 11.6 Å². The van der Waals surface area contributed by atoms with Crippen LogP contribution >= 0.6 is 11.3 Å². The van der Waals surface area contributed by atoms with Gasteiger partial charge in [-0.3, -0.25) is 0 Å². The molecule has 92 valence electrons.